The van der Waals surface area contributed by atoms with Crippen molar-refractivity contribution < 1.29 is 48.9 Å². The number of nitro groups is 1. The van der Waals surface area contributed by atoms with Crippen molar-refractivity contribution >= 4 is 27.0 Å². The van der Waals surface area contributed by atoms with Crippen molar-refractivity contribution in [1.29, 1.82) is 0 Å². The van der Waals surface area contributed by atoms with E-state index in [-0.39, 0.29) is 72.9 Å². The summed E-state index contributed by atoms with van der Waals surface area (Å²) >= 11 is 0. The molecule has 0 spiro atoms. The number of hydrogen-bond donors (Lipinski definition) is 3. The zero-order chi connectivity index (χ0) is 21.2. The molecule has 0 saturated heterocycles. The predicted octanol–water partition coefficient (Wildman–Crippen LogP) is -2.93. The van der Waals surface area contributed by atoms with Gasteiger partial charge in [0.15, 0.2) is 0 Å². The fraction of sp³-hybridized carbons (Fsp3) is 0.267. The van der Waals surface area contributed by atoms with E-state index in [0.717, 1.165) is 0 Å². The molecule has 0 amide bonds. The Morgan fingerprint density at radius 1 is 1.30 bits per heavy atom. The molecule has 2 heterocycles. The number of nitro benzene ring substituents is 1. The number of H-pyrrole nitrogens is 1. The van der Waals surface area contributed by atoms with Gasteiger partial charge in [0, 0.05) is 31.5 Å². The average molecular weight is 448 g/mol. The van der Waals surface area contributed by atoms with Crippen molar-refractivity contribution in [2.24, 2.45) is 0 Å². The van der Waals surface area contributed by atoms with Crippen LogP contribution in [0.1, 0.15) is 14.3 Å². The minimum atomic E-state index is -4.31. The number of unbranched alkanes of at least 4 members (excludes halogenated alkanes) is 1. The van der Waals surface area contributed by atoms with Crippen LogP contribution in [0.4, 0.5) is 5.69 Å². The molecule has 15 heteroatoms. The number of benzene rings is 1. The SMILES string of the molecule is O=c1[nH]c2cc([N+](=O)[O-])c(-n3ccnc3)cc2n(CCCCNS(=O)(=O)O)c1=O.[H-].[Na+]. The third kappa shape index (κ3) is 5.41. The van der Waals surface area contributed by atoms with Crippen LogP contribution in [0.15, 0.2) is 40.4 Å². The fourth-order valence-corrected chi connectivity index (χ4v) is 3.27. The summed E-state index contributed by atoms with van der Waals surface area (Å²) in [5.74, 6) is 0. The number of aromatic amines is 1. The molecule has 3 aromatic rings. The van der Waals surface area contributed by atoms with Gasteiger partial charge in [0.05, 0.1) is 22.3 Å². The summed E-state index contributed by atoms with van der Waals surface area (Å²) in [5, 5.41) is 11.5. The Kier molecular flexibility index (Phi) is 7.68. The van der Waals surface area contributed by atoms with Crippen LogP contribution in [-0.4, -0.2) is 43.5 Å². The summed E-state index contributed by atoms with van der Waals surface area (Å²) < 4.78 is 34.4. The minimum absolute atomic E-state index is 0. The van der Waals surface area contributed by atoms with E-state index in [1.807, 2.05) is 4.72 Å². The van der Waals surface area contributed by atoms with Gasteiger partial charge in [-0.1, -0.05) is 0 Å². The maximum absolute atomic E-state index is 12.3. The van der Waals surface area contributed by atoms with Crippen LogP contribution in [0, 0.1) is 10.1 Å². The molecule has 0 bridgehead atoms. The maximum Gasteiger partial charge on any atom is 1.00 e. The molecule has 0 aliphatic heterocycles. The molecule has 0 fully saturated rings. The second-order valence-electron chi connectivity index (χ2n) is 6.07. The van der Waals surface area contributed by atoms with Gasteiger partial charge in [-0.3, -0.25) is 24.3 Å². The molecule has 0 aliphatic carbocycles. The van der Waals surface area contributed by atoms with Gasteiger partial charge in [-0.15, -0.1) is 0 Å². The summed E-state index contributed by atoms with van der Waals surface area (Å²) in [4.78, 5) is 41.4. The second kappa shape index (κ2) is 9.63. The van der Waals surface area contributed by atoms with E-state index in [9.17, 15) is 28.1 Å². The Labute approximate surface area is 192 Å². The smallest absolute Gasteiger partial charge is 1.00 e. The van der Waals surface area contributed by atoms with Crippen molar-refractivity contribution in [2.45, 2.75) is 19.4 Å². The Bertz CT molecular complexity index is 1290. The van der Waals surface area contributed by atoms with Gasteiger partial charge < -0.3 is 15.5 Å². The van der Waals surface area contributed by atoms with Crippen LogP contribution in [0.2, 0.25) is 0 Å². The van der Waals surface area contributed by atoms with E-state index in [4.69, 9.17) is 4.55 Å². The van der Waals surface area contributed by atoms with Gasteiger partial charge in [0.25, 0.3) is 5.69 Å². The first-order valence-corrected chi connectivity index (χ1v) is 9.77. The van der Waals surface area contributed by atoms with Crippen molar-refractivity contribution in [3.05, 3.63) is 61.7 Å². The van der Waals surface area contributed by atoms with E-state index >= 15 is 0 Å². The van der Waals surface area contributed by atoms with Crippen molar-refractivity contribution in [1.82, 2.24) is 23.8 Å². The quantitative estimate of drug-likeness (QED) is 0.0817. The number of nitrogens with zero attached hydrogens (tertiary/aromatic N) is 4. The van der Waals surface area contributed by atoms with Gasteiger partial charge in [-0.05, 0) is 18.9 Å². The molecule has 0 atom stereocenters. The molecule has 156 valence electrons. The molecule has 2 aromatic heterocycles. The number of hydrogen-bond acceptors (Lipinski definition) is 7. The number of rotatable bonds is 8. The molecule has 0 unspecified atom stereocenters. The normalized spacial score (nSPS) is 11.4. The summed E-state index contributed by atoms with van der Waals surface area (Å²) in [6, 6.07) is 2.57. The van der Waals surface area contributed by atoms with Crippen LogP contribution < -0.4 is 45.4 Å². The van der Waals surface area contributed by atoms with Crippen LogP contribution in [0.5, 0.6) is 0 Å². The molecule has 0 radical (unpaired) electrons. The summed E-state index contributed by atoms with van der Waals surface area (Å²) in [5.41, 5.74) is -1.52. The van der Waals surface area contributed by atoms with Gasteiger partial charge in [-0.2, -0.15) is 13.1 Å². The van der Waals surface area contributed by atoms with E-state index in [1.54, 1.807) is 0 Å². The first-order valence-electron chi connectivity index (χ1n) is 8.33. The van der Waals surface area contributed by atoms with Gasteiger partial charge in [-0.25, -0.2) is 4.98 Å². The van der Waals surface area contributed by atoms with E-state index in [0.29, 0.717) is 6.42 Å². The molecule has 1 aromatic carbocycles. The molecular formula is C15H17N6NaO7S. The Morgan fingerprint density at radius 3 is 2.63 bits per heavy atom. The Hall–Kier alpha value is -2.36. The topological polar surface area (TPSA) is 182 Å². The zero-order valence-electron chi connectivity index (χ0n) is 16.8. The second-order valence-corrected chi connectivity index (χ2v) is 7.31. The monoisotopic (exact) mass is 448 g/mol. The first kappa shape index (κ1) is 23.9. The summed E-state index contributed by atoms with van der Waals surface area (Å²) in [7, 11) is -4.31. The number of imidazole rings is 1. The molecule has 3 rings (SSSR count). The standard InChI is InChI=1S/C15H16N6O7S.Na.H/c22-14-15(23)20(5-2-1-3-17-29(26,27)28)11-8-12(19-6-4-16-9-19)13(21(24)25)7-10(11)18-14;;/h4,6-9,17H,1-3,5H2,(H,18,22)(H,26,27,28);;/q;+1;-1. The van der Waals surface area contributed by atoms with Gasteiger partial charge >= 0.3 is 51.0 Å². The van der Waals surface area contributed by atoms with Crippen molar-refractivity contribution in [3.63, 3.8) is 0 Å². The maximum atomic E-state index is 12.3. The largest absolute Gasteiger partial charge is 1.00 e. The van der Waals surface area contributed by atoms with Gasteiger partial charge in [0.2, 0.25) is 0 Å². The van der Waals surface area contributed by atoms with E-state index < -0.39 is 26.3 Å². The molecule has 30 heavy (non-hydrogen) atoms. The molecule has 13 nitrogen and oxygen atoms in total. The third-order valence-corrected chi connectivity index (χ3v) is 4.71. The first-order chi connectivity index (χ1) is 13.7. The summed E-state index contributed by atoms with van der Waals surface area (Å²) in [6.07, 6.45) is 4.89. The number of aromatic nitrogens is 4. The number of aryl methyl sites for hydroxylation is 1. The van der Waals surface area contributed by atoms with E-state index in [2.05, 4.69) is 9.97 Å². The number of nitrogens with one attached hydrogen (secondary N) is 2. The zero-order valence-corrected chi connectivity index (χ0v) is 18.6. The van der Waals surface area contributed by atoms with Crippen LogP contribution in [0.25, 0.3) is 16.7 Å². The number of fused-ring (bicyclic) bond motifs is 1. The van der Waals surface area contributed by atoms with Crippen molar-refractivity contribution in [3.8, 4) is 5.69 Å². The summed E-state index contributed by atoms with van der Waals surface area (Å²) in [6.45, 7) is 0.00799. The van der Waals surface area contributed by atoms with Crippen LogP contribution in [0.3, 0.4) is 0 Å². The average Bonchev–Trinajstić information content (AvgIpc) is 3.17. The van der Waals surface area contributed by atoms with Crippen LogP contribution >= 0.6 is 0 Å². The molecule has 0 saturated carbocycles. The molecule has 0 aliphatic rings. The Balaban J connectivity index is 0.00000240. The minimum Gasteiger partial charge on any atom is -1.00 e. The van der Waals surface area contributed by atoms with Crippen molar-refractivity contribution in [2.75, 3.05) is 6.54 Å². The predicted molar refractivity (Wildman–Crippen MR) is 103 cm³/mol. The van der Waals surface area contributed by atoms with Crippen LogP contribution in [-0.2, 0) is 16.8 Å². The molecular weight excluding hydrogens is 431 g/mol. The fourth-order valence-electron chi connectivity index (χ4n) is 2.87. The third-order valence-electron chi connectivity index (χ3n) is 4.14. The van der Waals surface area contributed by atoms with Gasteiger partial charge in [0.1, 0.15) is 5.69 Å². The molecule has 3 N–H and O–H groups in total. The Morgan fingerprint density at radius 2 is 2.03 bits per heavy atom. The van der Waals surface area contributed by atoms with E-state index in [1.165, 1.54) is 40.0 Å².